The Labute approximate surface area is 172 Å². The molecule has 2 nitrogen and oxygen atoms in total. The molecule has 0 heterocycles. The van der Waals surface area contributed by atoms with Gasteiger partial charge in [-0.15, -0.1) is 0 Å². The minimum Gasteiger partial charge on any atom is -1.00 e. The van der Waals surface area contributed by atoms with Crippen LogP contribution in [0.25, 0.3) is 22.9 Å². The van der Waals surface area contributed by atoms with Crippen LogP contribution in [0.2, 0.25) is 0 Å². The number of hydrogen-bond donors (Lipinski definition) is 0. The molecule has 0 radical (unpaired) electrons. The van der Waals surface area contributed by atoms with Crippen LogP contribution in [0, 0.1) is 0 Å². The summed E-state index contributed by atoms with van der Waals surface area (Å²) in [6.45, 7) is 5.38. The van der Waals surface area contributed by atoms with Crippen molar-refractivity contribution in [3.63, 3.8) is 0 Å². The Balaban J connectivity index is 0.00000225. The van der Waals surface area contributed by atoms with Crippen LogP contribution in [-0.2, 0) is 6.54 Å². The molecule has 0 bridgehead atoms. The van der Waals surface area contributed by atoms with Gasteiger partial charge in [-0.2, -0.15) is 0 Å². The average Bonchev–Trinajstić information content (AvgIpc) is 2.66. The molecule has 1 aliphatic carbocycles. The number of carbonyl (C=O) groups is 1. The number of benzene rings is 3. The summed E-state index contributed by atoms with van der Waals surface area (Å²) in [7, 11) is 4.35. The fourth-order valence-electron chi connectivity index (χ4n) is 3.99. The number of nitrogens with zero attached hydrogens (tertiary/aromatic N) is 1. The molecule has 3 aromatic carbocycles. The maximum Gasteiger partial charge on any atom is 0.195 e. The third-order valence-electron chi connectivity index (χ3n) is 5.23. The van der Waals surface area contributed by atoms with Gasteiger partial charge in [0.05, 0.1) is 19.7 Å². The summed E-state index contributed by atoms with van der Waals surface area (Å²) in [4.78, 5) is 13.1. The van der Waals surface area contributed by atoms with Gasteiger partial charge in [0.25, 0.3) is 0 Å². The van der Waals surface area contributed by atoms with E-state index in [2.05, 4.69) is 75.3 Å². The summed E-state index contributed by atoms with van der Waals surface area (Å²) in [6.07, 6.45) is 3.94. The van der Waals surface area contributed by atoms with Gasteiger partial charge in [0.15, 0.2) is 5.78 Å². The Bertz CT molecular complexity index is 1070. The molecule has 0 atom stereocenters. The molecule has 142 valence electrons. The number of quaternary nitrogens is 1. The van der Waals surface area contributed by atoms with Gasteiger partial charge in [-0.1, -0.05) is 73.3 Å². The number of ketones is 1. The van der Waals surface area contributed by atoms with Crippen molar-refractivity contribution in [3.05, 3.63) is 95.1 Å². The molecule has 0 aliphatic heterocycles. The number of rotatable bonds is 5. The highest BCUT2D eigenvalue weighted by Crippen LogP contribution is 2.32. The third-order valence-corrected chi connectivity index (χ3v) is 5.23. The third kappa shape index (κ3) is 3.80. The van der Waals surface area contributed by atoms with Crippen molar-refractivity contribution in [2.75, 3.05) is 20.6 Å². The molecular weight excluding hydrogens is 366 g/mol. The first kappa shape index (κ1) is 20.1. The standard InChI is InChI=1S/C25H24NO.ClH/c1-4-18-11-13-19(14-12-18)16-26(2,3)17-22-15-21-9-5-7-20-8-6-10-23(24(20)21)25(22)27;/h4-15H,1,16-17H2,2-3H3;1H/q+1;/p-1. The van der Waals surface area contributed by atoms with Gasteiger partial charge in [-0.3, -0.25) is 4.79 Å². The van der Waals surface area contributed by atoms with Gasteiger partial charge < -0.3 is 16.9 Å². The minimum absolute atomic E-state index is 0. The van der Waals surface area contributed by atoms with Gasteiger partial charge in [-0.25, -0.2) is 0 Å². The molecule has 1 aliphatic rings. The second kappa shape index (κ2) is 7.75. The lowest BCUT2D eigenvalue weighted by Gasteiger charge is -2.31. The summed E-state index contributed by atoms with van der Waals surface area (Å²) in [5.74, 6) is 0.160. The van der Waals surface area contributed by atoms with Crippen LogP contribution in [0.1, 0.15) is 27.0 Å². The van der Waals surface area contributed by atoms with E-state index >= 15 is 0 Å². The van der Waals surface area contributed by atoms with E-state index in [4.69, 9.17) is 0 Å². The lowest BCUT2D eigenvalue weighted by atomic mass is 9.87. The zero-order valence-electron chi connectivity index (χ0n) is 16.3. The molecule has 0 fully saturated rings. The van der Waals surface area contributed by atoms with Crippen LogP contribution in [0.3, 0.4) is 0 Å². The molecule has 0 amide bonds. The fraction of sp³-hybridized carbons (Fsp3) is 0.160. The van der Waals surface area contributed by atoms with E-state index in [1.165, 1.54) is 5.56 Å². The Morgan fingerprint density at radius 1 is 0.929 bits per heavy atom. The number of hydrogen-bond acceptors (Lipinski definition) is 1. The van der Waals surface area contributed by atoms with Crippen molar-refractivity contribution >= 4 is 28.7 Å². The SMILES string of the molecule is C=Cc1ccc(C[N+](C)(C)CC2=Cc3cccc4cccc(c34)C2=O)cc1.[Cl-]. The van der Waals surface area contributed by atoms with Crippen LogP contribution >= 0.6 is 0 Å². The molecule has 28 heavy (non-hydrogen) atoms. The summed E-state index contributed by atoms with van der Waals surface area (Å²) in [5.41, 5.74) is 5.24. The smallest absolute Gasteiger partial charge is 0.195 e. The molecule has 0 saturated carbocycles. The van der Waals surface area contributed by atoms with Crippen molar-refractivity contribution in [1.29, 1.82) is 0 Å². The second-order valence-corrected chi connectivity index (χ2v) is 7.95. The van der Waals surface area contributed by atoms with E-state index in [0.29, 0.717) is 6.54 Å². The van der Waals surface area contributed by atoms with Gasteiger partial charge in [-0.05, 0) is 22.6 Å². The van der Waals surface area contributed by atoms with Gasteiger partial charge in [0.2, 0.25) is 0 Å². The summed E-state index contributed by atoms with van der Waals surface area (Å²) in [6, 6.07) is 20.7. The topological polar surface area (TPSA) is 17.1 Å². The molecule has 4 rings (SSSR count). The largest absolute Gasteiger partial charge is 1.00 e. The molecule has 3 heteroatoms. The Morgan fingerprint density at radius 2 is 1.61 bits per heavy atom. The van der Waals surface area contributed by atoms with Crippen LogP contribution < -0.4 is 12.4 Å². The summed E-state index contributed by atoms with van der Waals surface area (Å²) < 4.78 is 0.725. The highest BCUT2D eigenvalue weighted by atomic mass is 35.5. The first-order valence-corrected chi connectivity index (χ1v) is 9.27. The Hall–Kier alpha value is -2.68. The first-order chi connectivity index (χ1) is 13.0. The number of halogens is 1. The lowest BCUT2D eigenvalue weighted by Crippen LogP contribution is -3.00. The quantitative estimate of drug-likeness (QED) is 0.612. The molecule has 3 aromatic rings. The van der Waals surface area contributed by atoms with Crippen molar-refractivity contribution in [1.82, 2.24) is 0 Å². The number of likely N-dealkylation sites (N-methyl/N-ethyl adjacent to an activating group) is 1. The zero-order chi connectivity index (χ0) is 19.0. The van der Waals surface area contributed by atoms with Crippen molar-refractivity contribution in [2.45, 2.75) is 6.54 Å². The fourth-order valence-corrected chi connectivity index (χ4v) is 3.99. The van der Waals surface area contributed by atoms with Crippen molar-refractivity contribution in [3.8, 4) is 0 Å². The molecule has 0 unspecified atom stereocenters. The Kier molecular flexibility index (Phi) is 5.55. The summed E-state index contributed by atoms with van der Waals surface area (Å²) in [5, 5.41) is 2.21. The zero-order valence-corrected chi connectivity index (χ0v) is 17.0. The van der Waals surface area contributed by atoms with E-state index in [1.807, 2.05) is 18.2 Å². The summed E-state index contributed by atoms with van der Waals surface area (Å²) >= 11 is 0. The molecule has 0 spiro atoms. The predicted molar refractivity (Wildman–Crippen MR) is 113 cm³/mol. The molecule has 0 aromatic heterocycles. The van der Waals surface area contributed by atoms with Crippen molar-refractivity contribution in [2.24, 2.45) is 0 Å². The predicted octanol–water partition coefficient (Wildman–Crippen LogP) is 2.34. The Morgan fingerprint density at radius 3 is 2.29 bits per heavy atom. The van der Waals surface area contributed by atoms with Gasteiger partial charge in [0, 0.05) is 16.5 Å². The monoisotopic (exact) mass is 389 g/mol. The van der Waals surface area contributed by atoms with E-state index in [-0.39, 0.29) is 18.2 Å². The number of Topliss-reactive ketones (excluding diaryl/α,β-unsaturated/α-hetero) is 1. The van der Waals surface area contributed by atoms with Crippen molar-refractivity contribution < 1.29 is 21.7 Å². The molecular formula is C25H24ClNO. The van der Waals surface area contributed by atoms with Crippen LogP contribution in [0.15, 0.2) is 72.8 Å². The van der Waals surface area contributed by atoms with Gasteiger partial charge in [0.1, 0.15) is 13.1 Å². The van der Waals surface area contributed by atoms with Crippen LogP contribution in [0.4, 0.5) is 0 Å². The minimum atomic E-state index is 0. The van der Waals surface area contributed by atoms with E-state index in [9.17, 15) is 4.79 Å². The highest BCUT2D eigenvalue weighted by molar-refractivity contribution is 6.22. The highest BCUT2D eigenvalue weighted by Gasteiger charge is 2.27. The normalized spacial score (nSPS) is 13.1. The van der Waals surface area contributed by atoms with Crippen LogP contribution in [0.5, 0.6) is 0 Å². The van der Waals surface area contributed by atoms with Crippen LogP contribution in [-0.4, -0.2) is 30.9 Å². The first-order valence-electron chi connectivity index (χ1n) is 9.27. The van der Waals surface area contributed by atoms with E-state index in [1.54, 1.807) is 0 Å². The maximum atomic E-state index is 13.1. The number of carbonyl (C=O) groups excluding carboxylic acids is 1. The van der Waals surface area contributed by atoms with E-state index in [0.717, 1.165) is 44.1 Å². The average molecular weight is 390 g/mol. The second-order valence-electron chi connectivity index (χ2n) is 7.95. The lowest BCUT2D eigenvalue weighted by molar-refractivity contribution is -0.898. The molecule has 0 saturated heterocycles. The van der Waals surface area contributed by atoms with E-state index < -0.39 is 0 Å². The maximum absolute atomic E-state index is 13.1. The molecule has 0 N–H and O–H groups in total. The van der Waals surface area contributed by atoms with Gasteiger partial charge >= 0.3 is 0 Å².